The molecule has 2 aliphatic rings. The van der Waals surface area contributed by atoms with Gasteiger partial charge in [0.2, 0.25) is 0 Å². The second-order valence-electron chi connectivity index (χ2n) is 14.1. The molecule has 2 aromatic rings. The number of hydrogen-bond donors (Lipinski definition) is 2. The van der Waals surface area contributed by atoms with Gasteiger partial charge in [-0.05, 0) is 58.1 Å². The zero-order valence-electron chi connectivity index (χ0n) is 29.5. The zero-order valence-corrected chi connectivity index (χ0v) is 33.4. The van der Waals surface area contributed by atoms with E-state index in [0.29, 0.717) is 23.0 Å². The molecule has 0 heterocycles. The van der Waals surface area contributed by atoms with Crippen LogP contribution in [0.15, 0.2) is 120 Å². The van der Waals surface area contributed by atoms with Crippen LogP contribution in [-0.2, 0) is 30.4 Å². The van der Waals surface area contributed by atoms with E-state index in [1.54, 1.807) is 0 Å². The number of nitrogens with one attached hydrogen (secondary N) is 2. The molecule has 0 saturated heterocycles. The molecule has 2 aliphatic carbocycles. The normalized spacial score (nSPS) is 16.3. The molecule has 47 heavy (non-hydrogen) atoms. The molecule has 0 bridgehead atoms. The number of halogens is 2. The van der Waals surface area contributed by atoms with Gasteiger partial charge in [0, 0.05) is 46.1 Å². The van der Waals surface area contributed by atoms with Gasteiger partial charge in [0.1, 0.15) is 0 Å². The van der Waals surface area contributed by atoms with Crippen molar-refractivity contribution < 1.29 is 30.4 Å². The summed E-state index contributed by atoms with van der Waals surface area (Å²) in [7, 11) is 9.87. The van der Waals surface area contributed by atoms with Crippen LogP contribution in [0, 0.1) is 10.8 Å². The predicted octanol–water partition coefficient (Wildman–Crippen LogP) is 11.8. The molecule has 4 nitrogen and oxygen atoms in total. The predicted molar refractivity (Wildman–Crippen MR) is 200 cm³/mol. The van der Waals surface area contributed by atoms with Crippen LogP contribution in [0.2, 0.25) is 0 Å². The standard InChI is InChI=1S/2C20H25NO.2ClH.Zr/c2*1-14(2)16-10-6-7-12-18(16)21-13-15-9-8-11-17(19(15)22)20(3,4)5;;;/h2*6-14,21H,1-5H3;2*1H;/q;;;;+2/p-2/b2*15-13+;;;. The fraction of sp³-hybridized carbons (Fsp3) is 0.350. The molecule has 250 valence electrons. The number of carbonyl (C=O) groups is 2. The van der Waals surface area contributed by atoms with Crippen molar-refractivity contribution in [3.8, 4) is 0 Å². The van der Waals surface area contributed by atoms with Crippen molar-refractivity contribution in [1.82, 2.24) is 0 Å². The van der Waals surface area contributed by atoms with Crippen LogP contribution in [0.1, 0.15) is 92.2 Å². The second kappa shape index (κ2) is 18.7. The van der Waals surface area contributed by atoms with Crippen molar-refractivity contribution in [2.75, 3.05) is 10.6 Å². The molecular weight excluding hydrogens is 703 g/mol. The van der Waals surface area contributed by atoms with E-state index in [2.05, 4.69) is 92.0 Å². The van der Waals surface area contributed by atoms with Crippen LogP contribution < -0.4 is 10.6 Å². The first-order valence-corrected chi connectivity index (χ1v) is 22.3. The van der Waals surface area contributed by atoms with Crippen molar-refractivity contribution in [2.24, 2.45) is 10.8 Å². The number of rotatable bonds is 6. The second-order valence-corrected chi connectivity index (χ2v) is 17.8. The van der Waals surface area contributed by atoms with Crippen LogP contribution in [0.3, 0.4) is 0 Å². The Morgan fingerprint density at radius 1 is 0.617 bits per heavy atom. The molecule has 4 rings (SSSR count). The van der Waals surface area contributed by atoms with Gasteiger partial charge < -0.3 is 10.6 Å². The Hall–Kier alpha value is -2.72. The number of benzene rings is 2. The molecule has 7 heteroatoms. The Kier molecular flexibility index (Phi) is 16.1. The molecule has 0 aromatic heterocycles. The third-order valence-corrected chi connectivity index (χ3v) is 7.64. The van der Waals surface area contributed by atoms with Gasteiger partial charge in [0.15, 0.2) is 11.6 Å². The third kappa shape index (κ3) is 12.4. The Morgan fingerprint density at radius 3 is 1.23 bits per heavy atom. The Morgan fingerprint density at radius 2 is 0.936 bits per heavy atom. The monoisotopic (exact) mass is 750 g/mol. The van der Waals surface area contributed by atoms with Gasteiger partial charge in [-0.1, -0.05) is 130 Å². The van der Waals surface area contributed by atoms with E-state index in [9.17, 15) is 9.59 Å². The van der Waals surface area contributed by atoms with Crippen molar-refractivity contribution in [3.05, 3.63) is 131 Å². The average Bonchev–Trinajstić information content (AvgIpc) is 3.00. The van der Waals surface area contributed by atoms with E-state index in [-0.39, 0.29) is 22.4 Å². The van der Waals surface area contributed by atoms with Crippen molar-refractivity contribution >= 4 is 40.0 Å². The summed E-state index contributed by atoms with van der Waals surface area (Å²) in [6.07, 6.45) is 15.1. The van der Waals surface area contributed by atoms with E-state index < -0.39 is 20.8 Å². The maximum absolute atomic E-state index is 12.6. The number of anilines is 2. The van der Waals surface area contributed by atoms with Crippen molar-refractivity contribution in [1.29, 1.82) is 0 Å². The van der Waals surface area contributed by atoms with E-state index >= 15 is 0 Å². The van der Waals surface area contributed by atoms with Gasteiger partial charge in [-0.15, -0.1) is 0 Å². The molecule has 0 saturated carbocycles. The van der Waals surface area contributed by atoms with Gasteiger partial charge in [0.05, 0.1) is 0 Å². The maximum atomic E-state index is 12.6. The molecule has 2 aromatic carbocycles. The molecular formula is C40H50Cl2N2O2Zr. The quantitative estimate of drug-likeness (QED) is 0.289. The van der Waals surface area contributed by atoms with Gasteiger partial charge in [-0.3, -0.25) is 9.59 Å². The van der Waals surface area contributed by atoms with Crippen LogP contribution in [0.4, 0.5) is 11.4 Å². The summed E-state index contributed by atoms with van der Waals surface area (Å²) in [6.45, 7) is 21.1. The van der Waals surface area contributed by atoms with Gasteiger partial charge in [-0.2, -0.15) is 0 Å². The molecule has 0 atom stereocenters. The molecule has 0 spiro atoms. The van der Waals surface area contributed by atoms with E-state index in [1.165, 1.54) is 11.1 Å². The average molecular weight is 753 g/mol. The van der Waals surface area contributed by atoms with Crippen molar-refractivity contribution in [3.63, 3.8) is 0 Å². The van der Waals surface area contributed by atoms with Gasteiger partial charge in [0.25, 0.3) is 0 Å². The van der Waals surface area contributed by atoms with Gasteiger partial charge in [-0.25, -0.2) is 0 Å². The summed E-state index contributed by atoms with van der Waals surface area (Å²) < 4.78 is 0. The molecule has 0 aliphatic heterocycles. The number of carbonyl (C=O) groups excluding carboxylic acids is 2. The van der Waals surface area contributed by atoms with Crippen LogP contribution in [-0.4, -0.2) is 11.6 Å². The van der Waals surface area contributed by atoms with E-state index in [1.807, 2.05) is 85.3 Å². The van der Waals surface area contributed by atoms with E-state index in [4.69, 9.17) is 17.0 Å². The summed E-state index contributed by atoms with van der Waals surface area (Å²) in [5.41, 5.74) is 7.41. The SMILES string of the molecule is CC(C)c1ccccc1N/C=C1\C=CC=C(C(C)(C)C)C1=O.CC(C)c1ccccc1N/C=C1\C=CC=C(C(C)(C)C)C1=O.[Cl][Zr][Cl]. The number of ketones is 2. The fourth-order valence-electron chi connectivity index (χ4n) is 5.09. The minimum atomic E-state index is -0.826. The summed E-state index contributed by atoms with van der Waals surface area (Å²) in [6, 6.07) is 16.4. The van der Waals surface area contributed by atoms with Crippen LogP contribution >= 0.6 is 17.0 Å². The first-order chi connectivity index (χ1) is 22.0. The molecule has 0 amide bonds. The Bertz CT molecular complexity index is 1460. The summed E-state index contributed by atoms with van der Waals surface area (Å²) in [4.78, 5) is 25.2. The molecule has 0 fully saturated rings. The molecule has 0 unspecified atom stereocenters. The first-order valence-electron chi connectivity index (χ1n) is 16.0. The number of hydrogen-bond acceptors (Lipinski definition) is 4. The summed E-state index contributed by atoms with van der Waals surface area (Å²) in [5, 5.41) is 6.61. The zero-order chi connectivity index (χ0) is 35.4. The minimum absolute atomic E-state index is 0.101. The summed E-state index contributed by atoms with van der Waals surface area (Å²) in [5.74, 6) is 1.07. The van der Waals surface area contributed by atoms with Crippen LogP contribution in [0.5, 0.6) is 0 Å². The topological polar surface area (TPSA) is 58.2 Å². The number of para-hydroxylation sites is 2. The molecule has 0 radical (unpaired) electrons. The Balaban J connectivity index is 0.000000302. The number of Topliss-reactive ketones (excluding diaryl/α,β-unsaturated/α-hetero) is 2. The van der Waals surface area contributed by atoms with Gasteiger partial charge >= 0.3 is 37.9 Å². The number of allylic oxidation sites excluding steroid dienone is 10. The van der Waals surface area contributed by atoms with E-state index in [0.717, 1.165) is 22.5 Å². The third-order valence-electron chi connectivity index (χ3n) is 7.64. The Labute approximate surface area is 301 Å². The van der Waals surface area contributed by atoms with Crippen molar-refractivity contribution in [2.45, 2.75) is 81.1 Å². The first kappa shape index (κ1) is 40.5. The fourth-order valence-corrected chi connectivity index (χ4v) is 5.09. The summed E-state index contributed by atoms with van der Waals surface area (Å²) >= 11 is -0.826. The van der Waals surface area contributed by atoms with Crippen LogP contribution in [0.25, 0.3) is 0 Å². The molecule has 2 N–H and O–H groups in total.